The second-order valence-electron chi connectivity index (χ2n) is 4.80. The molecule has 0 saturated heterocycles. The third kappa shape index (κ3) is 3.63. The smallest absolute Gasteiger partial charge is 0.295 e. The van der Waals surface area contributed by atoms with Gasteiger partial charge in [0.1, 0.15) is 5.52 Å². The first-order valence-corrected chi connectivity index (χ1v) is 6.77. The Morgan fingerprint density at radius 3 is 3.05 bits per heavy atom. The van der Waals surface area contributed by atoms with Crippen LogP contribution in [-0.2, 0) is 4.79 Å². The summed E-state index contributed by atoms with van der Waals surface area (Å²) in [4.78, 5) is 15.9. The van der Waals surface area contributed by atoms with Crippen LogP contribution in [0.1, 0.15) is 26.7 Å². The van der Waals surface area contributed by atoms with Gasteiger partial charge in [-0.05, 0) is 31.5 Å². The first-order chi connectivity index (χ1) is 9.58. The molecule has 0 radical (unpaired) electrons. The summed E-state index contributed by atoms with van der Waals surface area (Å²) >= 11 is 0. The molecular formula is C14H20N4O2. The average molecular weight is 276 g/mol. The van der Waals surface area contributed by atoms with Crippen molar-refractivity contribution in [1.29, 1.82) is 0 Å². The molecule has 1 amide bonds. The summed E-state index contributed by atoms with van der Waals surface area (Å²) in [6.07, 6.45) is 1.30. The third-order valence-corrected chi connectivity index (χ3v) is 3.06. The van der Waals surface area contributed by atoms with Crippen molar-refractivity contribution in [1.82, 2.24) is 10.3 Å². The fraction of sp³-hybridized carbons (Fsp3) is 0.429. The van der Waals surface area contributed by atoms with Crippen LogP contribution in [0.5, 0.6) is 0 Å². The number of nitrogens with one attached hydrogen (secondary N) is 2. The van der Waals surface area contributed by atoms with E-state index in [9.17, 15) is 4.79 Å². The normalized spacial score (nSPS) is 12.3. The number of hydrogen-bond donors (Lipinski definition) is 3. The summed E-state index contributed by atoms with van der Waals surface area (Å²) in [6, 6.07) is 5.89. The van der Waals surface area contributed by atoms with E-state index in [1.54, 1.807) is 18.2 Å². The van der Waals surface area contributed by atoms with Gasteiger partial charge in [0.2, 0.25) is 5.91 Å². The Morgan fingerprint density at radius 1 is 1.50 bits per heavy atom. The van der Waals surface area contributed by atoms with Gasteiger partial charge in [-0.3, -0.25) is 4.79 Å². The van der Waals surface area contributed by atoms with E-state index in [0.717, 1.165) is 6.42 Å². The number of oxazole rings is 1. The molecule has 20 heavy (non-hydrogen) atoms. The van der Waals surface area contributed by atoms with Crippen molar-refractivity contribution < 1.29 is 9.21 Å². The predicted molar refractivity (Wildman–Crippen MR) is 79.4 cm³/mol. The fourth-order valence-electron chi connectivity index (χ4n) is 1.75. The summed E-state index contributed by atoms with van der Waals surface area (Å²) in [5, 5.41) is 5.90. The Kier molecular flexibility index (Phi) is 4.45. The number of carbonyl (C=O) groups excluding carboxylic acids is 1. The summed E-state index contributed by atoms with van der Waals surface area (Å²) in [7, 11) is 0. The summed E-state index contributed by atoms with van der Waals surface area (Å²) in [5.41, 5.74) is 7.70. The van der Waals surface area contributed by atoms with Crippen molar-refractivity contribution in [3.05, 3.63) is 18.2 Å². The largest absolute Gasteiger partial charge is 0.424 e. The quantitative estimate of drug-likeness (QED) is 0.703. The predicted octanol–water partition coefficient (Wildman–Crippen LogP) is 2.13. The molecule has 108 valence electrons. The van der Waals surface area contributed by atoms with Gasteiger partial charge in [-0.25, -0.2) is 0 Å². The molecule has 6 heteroatoms. The lowest BCUT2D eigenvalue weighted by atomic mass is 10.2. The third-order valence-electron chi connectivity index (χ3n) is 3.06. The maximum atomic E-state index is 11.6. The Bertz CT molecular complexity index is 594. The van der Waals surface area contributed by atoms with Gasteiger partial charge in [0, 0.05) is 24.7 Å². The molecule has 0 fully saturated rings. The van der Waals surface area contributed by atoms with Crippen molar-refractivity contribution in [2.75, 3.05) is 17.6 Å². The number of hydrogen-bond acceptors (Lipinski definition) is 5. The zero-order valence-electron chi connectivity index (χ0n) is 11.8. The zero-order chi connectivity index (χ0) is 14.5. The van der Waals surface area contributed by atoms with E-state index in [1.807, 2.05) is 13.8 Å². The lowest BCUT2D eigenvalue weighted by molar-refractivity contribution is -0.121. The number of amides is 1. The Labute approximate surface area is 117 Å². The zero-order valence-corrected chi connectivity index (χ0v) is 11.8. The van der Waals surface area contributed by atoms with Crippen molar-refractivity contribution in [2.45, 2.75) is 32.7 Å². The van der Waals surface area contributed by atoms with Crippen LogP contribution in [-0.4, -0.2) is 23.5 Å². The lowest BCUT2D eigenvalue weighted by Crippen LogP contribution is -2.32. The van der Waals surface area contributed by atoms with Gasteiger partial charge in [0.15, 0.2) is 5.58 Å². The van der Waals surface area contributed by atoms with Gasteiger partial charge in [-0.15, -0.1) is 0 Å². The van der Waals surface area contributed by atoms with Gasteiger partial charge in [0.25, 0.3) is 6.01 Å². The molecule has 0 aliphatic carbocycles. The number of rotatable bonds is 6. The molecule has 0 bridgehead atoms. The van der Waals surface area contributed by atoms with E-state index in [1.165, 1.54) is 0 Å². The van der Waals surface area contributed by atoms with E-state index in [2.05, 4.69) is 15.6 Å². The molecule has 2 rings (SSSR count). The van der Waals surface area contributed by atoms with Crippen LogP contribution in [0.4, 0.5) is 11.7 Å². The average Bonchev–Trinajstić information content (AvgIpc) is 2.80. The molecule has 1 aromatic heterocycles. The number of aromatic nitrogens is 1. The molecule has 0 aliphatic heterocycles. The SMILES string of the molecule is CCC(C)NC(=O)CCNc1nc2cc(N)ccc2o1. The number of fused-ring (bicyclic) bond motifs is 1. The van der Waals surface area contributed by atoms with E-state index < -0.39 is 0 Å². The number of nitrogens with zero attached hydrogens (tertiary/aromatic N) is 1. The number of benzene rings is 1. The summed E-state index contributed by atoms with van der Waals surface area (Å²) in [6.45, 7) is 4.49. The highest BCUT2D eigenvalue weighted by Gasteiger charge is 2.08. The molecule has 1 aromatic carbocycles. The van der Waals surface area contributed by atoms with Crippen LogP contribution in [0.25, 0.3) is 11.1 Å². The highest BCUT2D eigenvalue weighted by atomic mass is 16.4. The monoisotopic (exact) mass is 276 g/mol. The molecule has 4 N–H and O–H groups in total. The second-order valence-corrected chi connectivity index (χ2v) is 4.80. The molecule has 1 atom stereocenters. The maximum absolute atomic E-state index is 11.6. The van der Waals surface area contributed by atoms with E-state index in [4.69, 9.17) is 10.2 Å². The topological polar surface area (TPSA) is 93.2 Å². The van der Waals surface area contributed by atoms with Crippen LogP contribution >= 0.6 is 0 Å². The molecule has 1 unspecified atom stereocenters. The van der Waals surface area contributed by atoms with Crippen LogP contribution < -0.4 is 16.4 Å². The van der Waals surface area contributed by atoms with Gasteiger partial charge >= 0.3 is 0 Å². The second kappa shape index (κ2) is 6.27. The van der Waals surface area contributed by atoms with Gasteiger partial charge in [-0.2, -0.15) is 4.98 Å². The van der Waals surface area contributed by atoms with Gasteiger partial charge < -0.3 is 20.8 Å². The van der Waals surface area contributed by atoms with E-state index >= 15 is 0 Å². The minimum atomic E-state index is 0.0206. The molecule has 0 spiro atoms. The van der Waals surface area contributed by atoms with Crippen LogP contribution in [0.15, 0.2) is 22.6 Å². The van der Waals surface area contributed by atoms with Crippen molar-refractivity contribution >= 4 is 28.7 Å². The van der Waals surface area contributed by atoms with Gasteiger partial charge in [0.05, 0.1) is 0 Å². The first kappa shape index (κ1) is 14.2. The number of anilines is 2. The van der Waals surface area contributed by atoms with Crippen molar-refractivity contribution in [3.8, 4) is 0 Å². The Morgan fingerprint density at radius 2 is 2.30 bits per heavy atom. The first-order valence-electron chi connectivity index (χ1n) is 6.77. The molecule has 0 aliphatic rings. The molecule has 6 nitrogen and oxygen atoms in total. The molecular weight excluding hydrogens is 256 g/mol. The van der Waals surface area contributed by atoms with E-state index in [0.29, 0.717) is 35.8 Å². The lowest BCUT2D eigenvalue weighted by Gasteiger charge is -2.10. The fourth-order valence-corrected chi connectivity index (χ4v) is 1.75. The van der Waals surface area contributed by atoms with E-state index in [-0.39, 0.29) is 11.9 Å². The highest BCUT2D eigenvalue weighted by Crippen LogP contribution is 2.20. The minimum Gasteiger partial charge on any atom is -0.424 e. The molecule has 1 heterocycles. The summed E-state index contributed by atoms with van der Waals surface area (Å²) < 4.78 is 5.50. The van der Waals surface area contributed by atoms with Crippen LogP contribution in [0, 0.1) is 0 Å². The Balaban J connectivity index is 1.85. The molecule has 0 saturated carbocycles. The van der Waals surface area contributed by atoms with Crippen LogP contribution in [0.3, 0.4) is 0 Å². The highest BCUT2D eigenvalue weighted by molar-refractivity contribution is 5.78. The number of nitrogen functional groups attached to an aromatic ring is 1. The Hall–Kier alpha value is -2.24. The van der Waals surface area contributed by atoms with Gasteiger partial charge in [-0.1, -0.05) is 6.92 Å². The number of nitrogens with two attached hydrogens (primary N) is 1. The maximum Gasteiger partial charge on any atom is 0.295 e. The minimum absolute atomic E-state index is 0.0206. The van der Waals surface area contributed by atoms with Crippen molar-refractivity contribution in [2.24, 2.45) is 0 Å². The number of carbonyl (C=O) groups is 1. The standard InChI is InChI=1S/C14H20N4O2/c1-3-9(2)17-13(19)6-7-16-14-18-11-8-10(15)4-5-12(11)20-14/h4-5,8-9H,3,6-7,15H2,1-2H3,(H,16,18)(H,17,19). The molecule has 2 aromatic rings. The summed E-state index contributed by atoms with van der Waals surface area (Å²) in [5.74, 6) is 0.0206. The van der Waals surface area contributed by atoms with Crippen LogP contribution in [0.2, 0.25) is 0 Å². The van der Waals surface area contributed by atoms with Crippen molar-refractivity contribution in [3.63, 3.8) is 0 Å².